The van der Waals surface area contributed by atoms with Crippen molar-refractivity contribution in [2.24, 2.45) is 0 Å². The summed E-state index contributed by atoms with van der Waals surface area (Å²) in [5.74, 6) is -1.28. The van der Waals surface area contributed by atoms with Crippen LogP contribution in [0.15, 0.2) is 16.6 Å². The maximum atomic E-state index is 13.2. The van der Waals surface area contributed by atoms with Crippen LogP contribution in [0, 0.1) is 5.82 Å². The van der Waals surface area contributed by atoms with Crippen molar-refractivity contribution in [3.63, 3.8) is 0 Å². The molecule has 0 spiro atoms. The molecule has 1 aromatic rings. The lowest BCUT2D eigenvalue weighted by atomic mass is 10.1. The number of nitrogen functional groups attached to an aromatic ring is 1. The first kappa shape index (κ1) is 13.0. The fraction of sp³-hybridized carbons (Fsp3) is 0.364. The molecule has 1 aromatic carbocycles. The summed E-state index contributed by atoms with van der Waals surface area (Å²) in [7, 11) is 0. The summed E-state index contributed by atoms with van der Waals surface area (Å²) >= 11 is 3.14. The van der Waals surface area contributed by atoms with Crippen molar-refractivity contribution in [3.05, 3.63) is 28.0 Å². The summed E-state index contributed by atoms with van der Waals surface area (Å²) in [4.78, 5) is 11.8. The van der Waals surface area contributed by atoms with E-state index in [0.717, 1.165) is 0 Å². The minimum absolute atomic E-state index is 0.0231. The lowest BCUT2D eigenvalue weighted by molar-refractivity contribution is 0.00693. The normalized spacial score (nSPS) is 11.3. The van der Waals surface area contributed by atoms with E-state index in [2.05, 4.69) is 15.9 Å². The van der Waals surface area contributed by atoms with Crippen molar-refractivity contribution >= 4 is 27.6 Å². The van der Waals surface area contributed by atoms with Crippen molar-refractivity contribution in [2.45, 2.75) is 26.4 Å². The van der Waals surface area contributed by atoms with Crippen LogP contribution < -0.4 is 5.73 Å². The maximum absolute atomic E-state index is 13.2. The van der Waals surface area contributed by atoms with E-state index < -0.39 is 17.4 Å². The van der Waals surface area contributed by atoms with Crippen molar-refractivity contribution in [1.82, 2.24) is 0 Å². The van der Waals surface area contributed by atoms with Crippen molar-refractivity contribution < 1.29 is 13.9 Å². The van der Waals surface area contributed by atoms with Crippen LogP contribution in [-0.2, 0) is 4.74 Å². The van der Waals surface area contributed by atoms with Gasteiger partial charge in [-0.3, -0.25) is 0 Å². The predicted octanol–water partition coefficient (Wildman–Crippen LogP) is 3.13. The van der Waals surface area contributed by atoms with E-state index >= 15 is 0 Å². The number of carbonyl (C=O) groups excluding carboxylic acids is 1. The Morgan fingerprint density at radius 3 is 2.50 bits per heavy atom. The standard InChI is InChI=1S/C11H13BrFNO2/c1-11(2,3)16-10(15)8-6(12)4-5-7(13)9(8)14/h4-5H,14H2,1-3H3. The molecule has 5 heteroatoms. The molecule has 0 aromatic heterocycles. The van der Waals surface area contributed by atoms with E-state index in [0.29, 0.717) is 4.47 Å². The van der Waals surface area contributed by atoms with Gasteiger partial charge in [0.2, 0.25) is 0 Å². The third kappa shape index (κ3) is 2.95. The molecule has 2 N–H and O–H groups in total. The molecule has 16 heavy (non-hydrogen) atoms. The molecule has 0 saturated heterocycles. The van der Waals surface area contributed by atoms with E-state index in [4.69, 9.17) is 10.5 Å². The zero-order chi connectivity index (χ0) is 12.5. The molecule has 0 aliphatic heterocycles. The second-order valence-corrected chi connectivity index (χ2v) is 5.17. The average molecular weight is 290 g/mol. The van der Waals surface area contributed by atoms with Crippen LogP contribution in [-0.4, -0.2) is 11.6 Å². The number of anilines is 1. The zero-order valence-electron chi connectivity index (χ0n) is 9.30. The number of rotatable bonds is 1. The average Bonchev–Trinajstić information content (AvgIpc) is 2.09. The molecule has 0 bridgehead atoms. The third-order valence-corrected chi connectivity index (χ3v) is 2.41. The predicted molar refractivity (Wildman–Crippen MR) is 63.7 cm³/mol. The molecule has 1 rings (SSSR count). The Balaban J connectivity index is 3.14. The quantitative estimate of drug-likeness (QED) is 0.638. The van der Waals surface area contributed by atoms with E-state index in [1.807, 2.05) is 0 Å². The molecule has 0 aliphatic rings. The van der Waals surface area contributed by atoms with Crippen molar-refractivity contribution in [1.29, 1.82) is 0 Å². The summed E-state index contributed by atoms with van der Waals surface area (Å²) in [6, 6.07) is 2.61. The fourth-order valence-electron chi connectivity index (χ4n) is 1.10. The van der Waals surface area contributed by atoms with E-state index in [1.165, 1.54) is 12.1 Å². The molecular weight excluding hydrogens is 277 g/mol. The molecule has 0 fully saturated rings. The lowest BCUT2D eigenvalue weighted by Gasteiger charge is -2.20. The largest absolute Gasteiger partial charge is 0.456 e. The SMILES string of the molecule is CC(C)(C)OC(=O)c1c(Br)ccc(F)c1N. The maximum Gasteiger partial charge on any atom is 0.342 e. The highest BCUT2D eigenvalue weighted by Gasteiger charge is 2.23. The molecule has 0 amide bonds. The summed E-state index contributed by atoms with van der Waals surface area (Å²) in [5, 5.41) is 0. The van der Waals surface area contributed by atoms with Crippen molar-refractivity contribution in [2.75, 3.05) is 5.73 Å². The highest BCUT2D eigenvalue weighted by Crippen LogP contribution is 2.27. The number of hydrogen-bond donors (Lipinski definition) is 1. The van der Waals surface area contributed by atoms with Crippen LogP contribution in [0.25, 0.3) is 0 Å². The molecule has 0 unspecified atom stereocenters. The Morgan fingerprint density at radius 1 is 1.44 bits per heavy atom. The second-order valence-electron chi connectivity index (χ2n) is 4.32. The van der Waals surface area contributed by atoms with Gasteiger partial charge in [0.1, 0.15) is 11.4 Å². The Labute approximate surface area is 102 Å². The molecule has 0 saturated carbocycles. The van der Waals surface area contributed by atoms with Gasteiger partial charge >= 0.3 is 5.97 Å². The number of esters is 1. The smallest absolute Gasteiger partial charge is 0.342 e. The van der Waals surface area contributed by atoms with Crippen LogP contribution in [0.5, 0.6) is 0 Å². The highest BCUT2D eigenvalue weighted by molar-refractivity contribution is 9.10. The van der Waals surface area contributed by atoms with Gasteiger partial charge in [0.25, 0.3) is 0 Å². The number of hydrogen-bond acceptors (Lipinski definition) is 3. The van der Waals surface area contributed by atoms with Crippen molar-refractivity contribution in [3.8, 4) is 0 Å². The summed E-state index contributed by atoms with van der Waals surface area (Å²) in [6.07, 6.45) is 0. The molecule has 3 nitrogen and oxygen atoms in total. The highest BCUT2D eigenvalue weighted by atomic mass is 79.9. The van der Waals surface area contributed by atoms with Crippen LogP contribution in [0.4, 0.5) is 10.1 Å². The van der Waals surface area contributed by atoms with Gasteiger partial charge in [-0.05, 0) is 48.8 Å². The summed E-state index contributed by atoms with van der Waals surface area (Å²) < 4.78 is 18.7. The van der Waals surface area contributed by atoms with Crippen LogP contribution in [0.3, 0.4) is 0 Å². The van der Waals surface area contributed by atoms with Gasteiger partial charge < -0.3 is 10.5 Å². The van der Waals surface area contributed by atoms with Gasteiger partial charge in [0.05, 0.1) is 11.3 Å². The lowest BCUT2D eigenvalue weighted by Crippen LogP contribution is -2.25. The summed E-state index contributed by atoms with van der Waals surface area (Å²) in [6.45, 7) is 5.19. The number of ether oxygens (including phenoxy) is 1. The van der Waals surface area contributed by atoms with Crippen LogP contribution in [0.1, 0.15) is 31.1 Å². The third-order valence-electron chi connectivity index (χ3n) is 1.74. The molecule has 0 aliphatic carbocycles. The molecular formula is C11H13BrFNO2. The van der Waals surface area contributed by atoms with E-state index in [-0.39, 0.29) is 11.3 Å². The monoisotopic (exact) mass is 289 g/mol. The topological polar surface area (TPSA) is 52.3 Å². The first-order chi connectivity index (χ1) is 7.22. The van der Waals surface area contributed by atoms with E-state index in [9.17, 15) is 9.18 Å². The number of carbonyl (C=O) groups is 1. The molecule has 0 atom stereocenters. The Bertz CT molecular complexity index is 427. The first-order valence-corrected chi connectivity index (χ1v) is 5.48. The van der Waals surface area contributed by atoms with Gasteiger partial charge in [0, 0.05) is 4.47 Å². The van der Waals surface area contributed by atoms with Gasteiger partial charge in [-0.2, -0.15) is 0 Å². The molecule has 0 radical (unpaired) electrons. The van der Waals surface area contributed by atoms with Gasteiger partial charge in [-0.1, -0.05) is 0 Å². The van der Waals surface area contributed by atoms with Gasteiger partial charge in [-0.25, -0.2) is 9.18 Å². The van der Waals surface area contributed by atoms with Gasteiger partial charge in [-0.15, -0.1) is 0 Å². The van der Waals surface area contributed by atoms with Crippen LogP contribution >= 0.6 is 15.9 Å². The first-order valence-electron chi connectivity index (χ1n) is 4.69. The second kappa shape index (κ2) is 4.41. The Hall–Kier alpha value is -1.10. The minimum Gasteiger partial charge on any atom is -0.456 e. The fourth-order valence-corrected chi connectivity index (χ4v) is 1.61. The Morgan fingerprint density at radius 2 is 2.00 bits per heavy atom. The number of benzene rings is 1. The van der Waals surface area contributed by atoms with Gasteiger partial charge in [0.15, 0.2) is 0 Å². The summed E-state index contributed by atoms with van der Waals surface area (Å²) in [5.41, 5.74) is 4.67. The molecule has 88 valence electrons. The minimum atomic E-state index is -0.644. The zero-order valence-corrected chi connectivity index (χ0v) is 10.9. The van der Waals surface area contributed by atoms with E-state index in [1.54, 1.807) is 20.8 Å². The number of nitrogens with two attached hydrogens (primary N) is 1. The number of halogens is 2. The van der Waals surface area contributed by atoms with Crippen LogP contribution in [0.2, 0.25) is 0 Å². The Kier molecular flexibility index (Phi) is 3.57. The molecule has 0 heterocycles.